The summed E-state index contributed by atoms with van der Waals surface area (Å²) in [7, 11) is 0. The lowest BCUT2D eigenvalue weighted by Gasteiger charge is -2.09. The number of hydrogen-bond donors (Lipinski definition) is 2. The molecule has 4 heteroatoms. The van der Waals surface area contributed by atoms with Crippen molar-refractivity contribution in [3.63, 3.8) is 0 Å². The third kappa shape index (κ3) is 4.53. The minimum Gasteiger partial charge on any atom is -0.399 e. The fraction of sp³-hybridized carbons (Fsp3) is 0.235. The van der Waals surface area contributed by atoms with Gasteiger partial charge in [-0.05, 0) is 43.2 Å². The zero-order chi connectivity index (χ0) is 15.2. The van der Waals surface area contributed by atoms with Crippen LogP contribution in [0.3, 0.4) is 0 Å². The molecule has 0 spiro atoms. The largest absolute Gasteiger partial charge is 0.399 e. The van der Waals surface area contributed by atoms with E-state index in [1.54, 1.807) is 17.8 Å². The summed E-state index contributed by atoms with van der Waals surface area (Å²) in [6.45, 7) is 4.04. The van der Waals surface area contributed by atoms with Crippen molar-refractivity contribution < 1.29 is 4.79 Å². The molecule has 0 aliphatic carbocycles. The highest BCUT2D eigenvalue weighted by Gasteiger charge is 2.06. The topological polar surface area (TPSA) is 55.1 Å². The summed E-state index contributed by atoms with van der Waals surface area (Å²) in [5.41, 5.74) is 9.45. The van der Waals surface area contributed by atoms with Crippen molar-refractivity contribution in [1.29, 1.82) is 0 Å². The van der Waals surface area contributed by atoms with Crippen LogP contribution >= 0.6 is 11.8 Å². The molecular formula is C17H20N2OS. The highest BCUT2D eigenvalue weighted by Crippen LogP contribution is 2.23. The Morgan fingerprint density at radius 3 is 2.67 bits per heavy atom. The molecule has 0 aromatic heterocycles. The highest BCUT2D eigenvalue weighted by molar-refractivity contribution is 7.99. The van der Waals surface area contributed by atoms with Gasteiger partial charge in [0.15, 0.2) is 0 Å². The molecule has 0 saturated carbocycles. The molecule has 0 bridgehead atoms. The molecule has 3 N–H and O–H groups in total. The van der Waals surface area contributed by atoms with Crippen molar-refractivity contribution in [2.24, 2.45) is 0 Å². The number of carbonyl (C=O) groups excluding carboxylic acids is 1. The average Bonchev–Trinajstić information content (AvgIpc) is 2.45. The van der Waals surface area contributed by atoms with Crippen molar-refractivity contribution in [3.05, 3.63) is 53.6 Å². The summed E-state index contributed by atoms with van der Waals surface area (Å²) in [5, 5.41) is 2.92. The molecule has 0 atom stereocenters. The smallest absolute Gasteiger partial charge is 0.225 e. The molecule has 1 amide bonds. The SMILES string of the molecule is Cc1ccc(N)cc1NC(=O)CCSc1ccccc1C. The second-order valence-corrected chi connectivity index (χ2v) is 6.12. The Morgan fingerprint density at radius 2 is 1.90 bits per heavy atom. The standard InChI is InChI=1S/C17H20N2OS/c1-12-7-8-14(18)11-15(12)19-17(20)9-10-21-16-6-4-3-5-13(16)2/h3-8,11H,9-10,18H2,1-2H3,(H,19,20). The summed E-state index contributed by atoms with van der Waals surface area (Å²) in [5.74, 6) is 0.780. The van der Waals surface area contributed by atoms with Crippen LogP contribution in [0, 0.1) is 13.8 Å². The van der Waals surface area contributed by atoms with Crippen LogP contribution in [0.5, 0.6) is 0 Å². The number of amides is 1. The van der Waals surface area contributed by atoms with Crippen LogP contribution in [-0.2, 0) is 4.79 Å². The van der Waals surface area contributed by atoms with Crippen LogP contribution in [0.1, 0.15) is 17.5 Å². The van der Waals surface area contributed by atoms with Crippen molar-refractivity contribution >= 4 is 29.0 Å². The fourth-order valence-corrected chi connectivity index (χ4v) is 2.94. The quantitative estimate of drug-likeness (QED) is 0.648. The zero-order valence-electron chi connectivity index (χ0n) is 12.3. The molecule has 3 nitrogen and oxygen atoms in total. The molecule has 0 saturated heterocycles. The molecule has 2 aromatic carbocycles. The lowest BCUT2D eigenvalue weighted by Crippen LogP contribution is -2.13. The van der Waals surface area contributed by atoms with Crippen LogP contribution < -0.4 is 11.1 Å². The Labute approximate surface area is 129 Å². The van der Waals surface area contributed by atoms with Gasteiger partial charge in [0.2, 0.25) is 5.91 Å². The number of nitrogens with one attached hydrogen (secondary N) is 1. The van der Waals surface area contributed by atoms with Crippen LogP contribution in [0.4, 0.5) is 11.4 Å². The second kappa shape index (κ2) is 7.18. The first kappa shape index (κ1) is 15.4. The lowest BCUT2D eigenvalue weighted by atomic mass is 10.2. The predicted octanol–water partition coefficient (Wildman–Crippen LogP) is 4.01. The molecule has 0 aliphatic heterocycles. The normalized spacial score (nSPS) is 10.4. The van der Waals surface area contributed by atoms with Gasteiger partial charge in [0.25, 0.3) is 0 Å². The molecule has 0 heterocycles. The van der Waals surface area contributed by atoms with Gasteiger partial charge in [0.05, 0.1) is 0 Å². The van der Waals surface area contributed by atoms with Crippen LogP contribution in [0.2, 0.25) is 0 Å². The Kier molecular flexibility index (Phi) is 5.28. The second-order valence-electron chi connectivity index (χ2n) is 4.99. The Bertz CT molecular complexity index is 640. The maximum Gasteiger partial charge on any atom is 0.225 e. The van der Waals surface area contributed by atoms with E-state index < -0.39 is 0 Å². The van der Waals surface area contributed by atoms with E-state index in [2.05, 4.69) is 24.4 Å². The molecule has 0 radical (unpaired) electrons. The van der Waals surface area contributed by atoms with Gasteiger partial charge in [-0.15, -0.1) is 11.8 Å². The van der Waals surface area contributed by atoms with Crippen molar-refractivity contribution in [2.75, 3.05) is 16.8 Å². The van der Waals surface area contributed by atoms with Gasteiger partial charge in [-0.3, -0.25) is 4.79 Å². The van der Waals surface area contributed by atoms with Crippen molar-refractivity contribution in [3.8, 4) is 0 Å². The fourth-order valence-electron chi connectivity index (χ4n) is 1.96. The van der Waals surface area contributed by atoms with Crippen LogP contribution in [-0.4, -0.2) is 11.7 Å². The number of rotatable bonds is 5. The Hall–Kier alpha value is -1.94. The molecule has 21 heavy (non-hydrogen) atoms. The summed E-state index contributed by atoms with van der Waals surface area (Å²) < 4.78 is 0. The number of hydrogen-bond acceptors (Lipinski definition) is 3. The van der Waals surface area contributed by atoms with E-state index in [0.717, 1.165) is 17.0 Å². The van der Waals surface area contributed by atoms with Gasteiger partial charge in [-0.2, -0.15) is 0 Å². The molecule has 0 fully saturated rings. The molecule has 2 aromatic rings. The first-order valence-corrected chi connectivity index (χ1v) is 7.89. The molecule has 110 valence electrons. The van der Waals surface area contributed by atoms with Gasteiger partial charge in [-0.1, -0.05) is 24.3 Å². The summed E-state index contributed by atoms with van der Waals surface area (Å²) >= 11 is 1.71. The van der Waals surface area contributed by atoms with Gasteiger partial charge in [0.1, 0.15) is 0 Å². The van der Waals surface area contributed by atoms with E-state index in [-0.39, 0.29) is 5.91 Å². The monoisotopic (exact) mass is 300 g/mol. The molecular weight excluding hydrogens is 280 g/mol. The van der Waals surface area contributed by atoms with Crippen LogP contribution in [0.25, 0.3) is 0 Å². The van der Waals surface area contributed by atoms with E-state index in [1.165, 1.54) is 10.5 Å². The maximum absolute atomic E-state index is 12.0. The number of thioether (sulfide) groups is 1. The minimum absolute atomic E-state index is 0.0183. The highest BCUT2D eigenvalue weighted by atomic mass is 32.2. The van der Waals surface area contributed by atoms with E-state index in [1.807, 2.05) is 31.2 Å². The first-order chi connectivity index (χ1) is 10.1. The number of anilines is 2. The summed E-state index contributed by atoms with van der Waals surface area (Å²) in [6, 6.07) is 13.7. The third-order valence-electron chi connectivity index (χ3n) is 3.22. The zero-order valence-corrected chi connectivity index (χ0v) is 13.2. The number of nitrogen functional groups attached to an aromatic ring is 1. The molecule has 2 rings (SSSR count). The Balaban J connectivity index is 1.85. The maximum atomic E-state index is 12.0. The molecule has 0 unspecified atom stereocenters. The van der Waals surface area contributed by atoms with Gasteiger partial charge >= 0.3 is 0 Å². The Morgan fingerprint density at radius 1 is 1.14 bits per heavy atom. The molecule has 0 aliphatic rings. The van der Waals surface area contributed by atoms with E-state index in [4.69, 9.17) is 5.73 Å². The number of benzene rings is 2. The minimum atomic E-state index is 0.0183. The lowest BCUT2D eigenvalue weighted by molar-refractivity contribution is -0.115. The van der Waals surface area contributed by atoms with E-state index in [9.17, 15) is 4.79 Å². The van der Waals surface area contributed by atoms with E-state index in [0.29, 0.717) is 12.1 Å². The third-order valence-corrected chi connectivity index (χ3v) is 4.39. The summed E-state index contributed by atoms with van der Waals surface area (Å²) in [4.78, 5) is 13.2. The van der Waals surface area contributed by atoms with Crippen molar-refractivity contribution in [1.82, 2.24) is 0 Å². The number of carbonyl (C=O) groups is 1. The van der Waals surface area contributed by atoms with Crippen molar-refractivity contribution in [2.45, 2.75) is 25.2 Å². The average molecular weight is 300 g/mol. The number of nitrogens with two attached hydrogens (primary N) is 1. The summed E-state index contributed by atoms with van der Waals surface area (Å²) in [6.07, 6.45) is 0.479. The van der Waals surface area contributed by atoms with Crippen LogP contribution in [0.15, 0.2) is 47.4 Å². The predicted molar refractivity (Wildman–Crippen MR) is 90.7 cm³/mol. The van der Waals surface area contributed by atoms with Gasteiger partial charge in [0, 0.05) is 28.4 Å². The number of aryl methyl sites for hydroxylation is 2. The van der Waals surface area contributed by atoms with Gasteiger partial charge < -0.3 is 11.1 Å². The first-order valence-electron chi connectivity index (χ1n) is 6.90. The van der Waals surface area contributed by atoms with Gasteiger partial charge in [-0.25, -0.2) is 0 Å². The van der Waals surface area contributed by atoms with E-state index >= 15 is 0 Å².